The predicted octanol–water partition coefficient (Wildman–Crippen LogP) is 9.90. The zero-order valence-electron chi connectivity index (χ0n) is 39.9. The Kier molecular flexibility index (Phi) is 15.9. The fourth-order valence-corrected chi connectivity index (χ4v) is 11.1. The number of amides is 1. The molecule has 0 radical (unpaired) electrons. The minimum atomic E-state index is -1.90. The zero-order valence-corrected chi connectivity index (χ0v) is 40.8. The Morgan fingerprint density at radius 1 is 0.871 bits per heavy atom. The Morgan fingerprint density at radius 3 is 1.99 bits per heavy atom. The summed E-state index contributed by atoms with van der Waals surface area (Å²) in [6, 6.07) is 45.2. The van der Waals surface area contributed by atoms with Crippen LogP contribution in [0.3, 0.4) is 0 Å². The number of hydrogen-bond acceptors (Lipinski definition) is 12. The van der Waals surface area contributed by atoms with Crippen molar-refractivity contribution in [3.8, 4) is 17.6 Å². The number of rotatable bonds is 20. The average molecular weight is 970 g/mol. The van der Waals surface area contributed by atoms with Crippen LogP contribution in [0.25, 0.3) is 0 Å². The second kappa shape index (κ2) is 22.2. The SMILES string of the molecule is COc1ccc(C(OC[C@H]2O[C@]3(c4ccccc4)C[C@@H](n4cc(F)c(NC(=O)c5ccccc5)nc4=O)O[C@@H]3[C@@H]2OP(OCCC#N)N(C(C)C)C(C)C)(c2ccccc2)c2ccc(OC)cc2)cc1. The van der Waals surface area contributed by atoms with Crippen molar-refractivity contribution >= 4 is 20.3 Å². The molecule has 364 valence electrons. The van der Waals surface area contributed by atoms with E-state index in [9.17, 15) is 14.9 Å². The van der Waals surface area contributed by atoms with Crippen molar-refractivity contribution in [3.05, 3.63) is 190 Å². The lowest BCUT2D eigenvalue weighted by Crippen LogP contribution is -2.43. The largest absolute Gasteiger partial charge is 0.497 e. The van der Waals surface area contributed by atoms with Gasteiger partial charge < -0.3 is 38.0 Å². The van der Waals surface area contributed by atoms with Gasteiger partial charge in [-0.1, -0.05) is 103 Å². The quantitative estimate of drug-likeness (QED) is 0.0440. The first kappa shape index (κ1) is 50.1. The van der Waals surface area contributed by atoms with Crippen LogP contribution in [0.15, 0.2) is 151 Å². The summed E-state index contributed by atoms with van der Waals surface area (Å²) in [5, 5.41) is 12.0. The highest BCUT2D eigenvalue weighted by Gasteiger charge is 2.64. The summed E-state index contributed by atoms with van der Waals surface area (Å²) in [5.41, 5.74) is 0.0500. The fourth-order valence-electron chi connectivity index (χ4n) is 9.37. The average Bonchev–Trinajstić information content (AvgIpc) is 3.90. The first-order valence-corrected chi connectivity index (χ1v) is 24.3. The number of nitriles is 1. The molecule has 1 unspecified atom stereocenters. The molecule has 2 fully saturated rings. The van der Waals surface area contributed by atoms with Gasteiger partial charge in [0, 0.05) is 24.1 Å². The highest BCUT2D eigenvalue weighted by atomic mass is 31.2. The van der Waals surface area contributed by atoms with Crippen LogP contribution in [-0.4, -0.2) is 78.0 Å². The van der Waals surface area contributed by atoms with Gasteiger partial charge >= 0.3 is 5.69 Å². The van der Waals surface area contributed by atoms with Gasteiger partial charge in [0.1, 0.15) is 47.2 Å². The molecule has 1 aromatic heterocycles. The number of nitrogens with zero attached hydrogens (tertiary/aromatic N) is 4. The van der Waals surface area contributed by atoms with Crippen molar-refractivity contribution in [1.29, 1.82) is 5.26 Å². The van der Waals surface area contributed by atoms with E-state index >= 15 is 4.39 Å². The van der Waals surface area contributed by atoms with E-state index in [0.717, 1.165) is 33.0 Å². The fraction of sp³-hybridized carbons (Fsp3) is 0.333. The summed E-state index contributed by atoms with van der Waals surface area (Å²) in [5.74, 6) is -0.739. The van der Waals surface area contributed by atoms with Crippen molar-refractivity contribution in [3.63, 3.8) is 0 Å². The molecule has 2 aliphatic rings. The van der Waals surface area contributed by atoms with Crippen molar-refractivity contribution in [2.24, 2.45) is 0 Å². The van der Waals surface area contributed by atoms with Crippen molar-refractivity contribution in [1.82, 2.24) is 14.2 Å². The van der Waals surface area contributed by atoms with E-state index in [-0.39, 0.29) is 43.7 Å². The number of aromatic nitrogens is 2. The number of anilines is 1. The third kappa shape index (κ3) is 10.3. The lowest BCUT2D eigenvalue weighted by atomic mass is 9.80. The normalized spacial score (nSPS) is 20.3. The third-order valence-corrected chi connectivity index (χ3v) is 14.7. The van der Waals surface area contributed by atoms with E-state index in [2.05, 4.69) is 21.0 Å². The number of ether oxygens (including phenoxy) is 5. The summed E-state index contributed by atoms with van der Waals surface area (Å²) >= 11 is 0. The van der Waals surface area contributed by atoms with Gasteiger partial charge in [-0.2, -0.15) is 10.2 Å². The number of hydrogen-bond donors (Lipinski definition) is 1. The molecule has 1 N–H and O–H groups in total. The van der Waals surface area contributed by atoms with Crippen LogP contribution >= 0.6 is 8.53 Å². The predicted molar refractivity (Wildman–Crippen MR) is 263 cm³/mol. The molecule has 70 heavy (non-hydrogen) atoms. The molecule has 8 rings (SSSR count). The molecule has 14 nitrogen and oxygen atoms in total. The van der Waals surface area contributed by atoms with Gasteiger partial charge in [0.25, 0.3) is 14.4 Å². The van der Waals surface area contributed by atoms with Crippen molar-refractivity contribution in [2.75, 3.05) is 32.8 Å². The molecule has 0 bridgehead atoms. The first-order valence-electron chi connectivity index (χ1n) is 23.2. The maximum absolute atomic E-state index is 16.1. The summed E-state index contributed by atoms with van der Waals surface area (Å²) in [4.78, 5) is 30.9. The number of fused-ring (bicyclic) bond motifs is 1. The highest BCUT2D eigenvalue weighted by Crippen LogP contribution is 2.58. The Bertz CT molecular complexity index is 2730. The molecule has 1 amide bonds. The Labute approximate surface area is 408 Å². The van der Waals surface area contributed by atoms with Gasteiger partial charge in [-0.05, 0) is 86.3 Å². The molecule has 2 aliphatic heterocycles. The summed E-state index contributed by atoms with van der Waals surface area (Å²) in [7, 11) is 1.33. The number of methoxy groups -OCH3 is 2. The van der Waals surface area contributed by atoms with Gasteiger partial charge in [0.05, 0.1) is 46.1 Å². The lowest BCUT2D eigenvalue weighted by molar-refractivity contribution is -0.114. The van der Waals surface area contributed by atoms with Crippen LogP contribution < -0.4 is 20.5 Å². The van der Waals surface area contributed by atoms with E-state index in [0.29, 0.717) is 11.5 Å². The maximum Gasteiger partial charge on any atom is 0.351 e. The second-order valence-corrected chi connectivity index (χ2v) is 18.9. The number of carbonyl (C=O) groups is 1. The lowest BCUT2D eigenvalue weighted by Gasteiger charge is -2.39. The molecule has 3 heterocycles. The van der Waals surface area contributed by atoms with Crippen LogP contribution in [0.4, 0.5) is 10.2 Å². The Morgan fingerprint density at radius 2 is 1.43 bits per heavy atom. The van der Waals surface area contributed by atoms with Gasteiger partial charge in [0.2, 0.25) is 0 Å². The minimum absolute atomic E-state index is 0.0286. The highest BCUT2D eigenvalue weighted by molar-refractivity contribution is 7.44. The monoisotopic (exact) mass is 969 g/mol. The van der Waals surface area contributed by atoms with Crippen LogP contribution in [0, 0.1) is 17.1 Å². The third-order valence-electron chi connectivity index (χ3n) is 12.5. The molecule has 6 atom stereocenters. The molecular formula is C54H57FN5O9P. The van der Waals surface area contributed by atoms with E-state index in [1.54, 1.807) is 44.6 Å². The van der Waals surface area contributed by atoms with Crippen LogP contribution in [0.5, 0.6) is 11.5 Å². The van der Waals surface area contributed by atoms with E-state index < -0.39 is 67.5 Å². The minimum Gasteiger partial charge on any atom is -0.497 e. The molecule has 0 saturated carbocycles. The van der Waals surface area contributed by atoms with E-state index in [4.69, 9.17) is 32.7 Å². The Balaban J connectivity index is 1.24. The van der Waals surface area contributed by atoms with Crippen LogP contribution in [0.1, 0.15) is 79.4 Å². The van der Waals surface area contributed by atoms with Gasteiger partial charge in [-0.25, -0.2) is 13.9 Å². The molecular weight excluding hydrogens is 913 g/mol. The van der Waals surface area contributed by atoms with Gasteiger partial charge in [0.15, 0.2) is 11.6 Å². The molecule has 0 aliphatic carbocycles. The first-order chi connectivity index (χ1) is 33.9. The molecule has 2 saturated heterocycles. The topological polar surface area (TPSA) is 156 Å². The van der Waals surface area contributed by atoms with Crippen LogP contribution in [-0.2, 0) is 34.5 Å². The zero-order chi connectivity index (χ0) is 49.4. The molecule has 0 spiro atoms. The van der Waals surface area contributed by atoms with E-state index in [1.807, 2.05) is 137 Å². The van der Waals surface area contributed by atoms with Gasteiger partial charge in [-0.3, -0.25) is 9.36 Å². The second-order valence-electron chi connectivity index (χ2n) is 17.5. The number of carbonyl (C=O) groups excluding carboxylic acids is 1. The summed E-state index contributed by atoms with van der Waals surface area (Å²) in [6.45, 7) is 8.23. The Hall–Kier alpha value is -6.34. The summed E-state index contributed by atoms with van der Waals surface area (Å²) in [6.07, 6.45) is -2.71. The molecule has 6 aromatic rings. The summed E-state index contributed by atoms with van der Waals surface area (Å²) < 4.78 is 66.1. The number of halogens is 1. The molecule has 5 aromatic carbocycles. The van der Waals surface area contributed by atoms with Gasteiger partial charge in [-0.15, -0.1) is 0 Å². The number of benzene rings is 5. The van der Waals surface area contributed by atoms with Crippen LogP contribution in [0.2, 0.25) is 0 Å². The molecule has 16 heteroatoms. The van der Waals surface area contributed by atoms with Crippen molar-refractivity contribution in [2.45, 2.75) is 88.4 Å². The van der Waals surface area contributed by atoms with Crippen molar-refractivity contribution < 1.29 is 41.9 Å². The number of nitrogens with one attached hydrogen (secondary N) is 1. The standard InChI is InChI=1S/C54H57FN5O9P/c1-36(2)60(37(3)4)70(66-32-16-31-56)69-48-46(35-65-54(40-21-14-9-15-22-40,41-23-27-43(63-5)28-24-41)42-25-29-44(64-6)30-26-42)68-53(39-19-12-8-13-20-39)33-47(67-49(48)53)59-34-45(55)50(58-52(59)62)57-51(61)38-17-10-7-11-18-38/h7-15,17-30,34,36-37,46-49H,16,32-33,35H2,1-6H3,(H,57,58,61,62)/t46-,47+,48-,49-,53+,70?/m1/s1. The smallest absolute Gasteiger partial charge is 0.351 e. The maximum atomic E-state index is 16.1. The van der Waals surface area contributed by atoms with E-state index in [1.165, 1.54) is 0 Å².